The molecule has 4 N–H and O–H groups in total. The van der Waals surface area contributed by atoms with Crippen molar-refractivity contribution in [2.24, 2.45) is 16.5 Å². The summed E-state index contributed by atoms with van der Waals surface area (Å²) in [4.78, 5) is 25.7. The van der Waals surface area contributed by atoms with Crippen LogP contribution in [0.4, 0.5) is 41.2 Å². The summed E-state index contributed by atoms with van der Waals surface area (Å²) in [6, 6.07) is 4.55. The average molecular weight is 522 g/mol. The SMILES string of the molecule is CCN=C/C(=C\N)c1cc(C(F)(F)F)cc(C(F)(F)F)c1OC(=O)N(C)c1ccc(F)cc1.NC=O. The first-order valence-electron chi connectivity index (χ1n) is 9.82. The molecule has 0 aromatic heterocycles. The van der Waals surface area contributed by atoms with Crippen molar-refractivity contribution in [1.82, 2.24) is 0 Å². The van der Waals surface area contributed by atoms with Gasteiger partial charge in [-0.1, -0.05) is 0 Å². The number of allylic oxidation sites excluding steroid dienone is 1. The van der Waals surface area contributed by atoms with Gasteiger partial charge in [0.1, 0.15) is 5.82 Å². The zero-order chi connectivity index (χ0) is 27.7. The van der Waals surface area contributed by atoms with Gasteiger partial charge in [0.15, 0.2) is 5.75 Å². The van der Waals surface area contributed by atoms with Crippen LogP contribution in [0.1, 0.15) is 23.6 Å². The minimum atomic E-state index is -5.32. The number of benzene rings is 2. The van der Waals surface area contributed by atoms with Crippen LogP contribution >= 0.6 is 0 Å². The zero-order valence-electron chi connectivity index (χ0n) is 18.8. The Morgan fingerprint density at radius 2 is 1.61 bits per heavy atom. The van der Waals surface area contributed by atoms with Crippen molar-refractivity contribution in [2.75, 3.05) is 18.5 Å². The lowest BCUT2D eigenvalue weighted by Gasteiger charge is -2.22. The Labute approximate surface area is 200 Å². The Kier molecular flexibility index (Phi) is 10.4. The summed E-state index contributed by atoms with van der Waals surface area (Å²) in [6.45, 7) is 1.74. The highest BCUT2D eigenvalue weighted by atomic mass is 19.4. The standard InChI is InChI=1S/C21H18F7N3O2.CH3NO/c1-3-30-11-12(10-29)16-8-13(20(23,24)25)9-17(21(26,27)28)18(16)33-19(32)31(2)15-6-4-14(22)5-7-15;2-1-3/h4-11H,3,29H2,1-2H3;1H,(H2,2,3)/b12-10+,30-11?;. The third-order valence-electron chi connectivity index (χ3n) is 4.30. The topological polar surface area (TPSA) is 111 Å². The molecule has 0 atom stereocenters. The van der Waals surface area contributed by atoms with E-state index in [9.17, 15) is 35.5 Å². The number of hydrogen-bond donors (Lipinski definition) is 2. The summed E-state index contributed by atoms with van der Waals surface area (Å²) in [6.07, 6.45) is -9.85. The number of nitrogens with two attached hydrogens (primary N) is 2. The summed E-state index contributed by atoms with van der Waals surface area (Å²) in [5, 5.41) is 0. The molecule has 14 heteroatoms. The summed E-state index contributed by atoms with van der Waals surface area (Å²) in [5.41, 5.74) is 5.12. The van der Waals surface area contributed by atoms with Gasteiger partial charge in [-0.25, -0.2) is 9.18 Å². The predicted octanol–water partition coefficient (Wildman–Crippen LogP) is 4.99. The maximum atomic E-state index is 13.7. The molecule has 0 bridgehead atoms. The molecule has 36 heavy (non-hydrogen) atoms. The van der Waals surface area contributed by atoms with Crippen molar-refractivity contribution in [3.05, 3.63) is 65.1 Å². The Hall–Kier alpha value is -4.10. The molecule has 0 fully saturated rings. The van der Waals surface area contributed by atoms with Crippen molar-refractivity contribution in [2.45, 2.75) is 19.3 Å². The second-order valence-corrected chi connectivity index (χ2v) is 6.69. The third-order valence-corrected chi connectivity index (χ3v) is 4.30. The highest BCUT2D eigenvalue weighted by molar-refractivity contribution is 6.11. The van der Waals surface area contributed by atoms with Gasteiger partial charge in [0.25, 0.3) is 0 Å². The molecule has 2 amide bonds. The number of primary amides is 1. The van der Waals surface area contributed by atoms with Crippen LogP contribution in [-0.4, -0.2) is 32.3 Å². The summed E-state index contributed by atoms with van der Waals surface area (Å²) in [5.74, 6) is -1.81. The lowest BCUT2D eigenvalue weighted by Crippen LogP contribution is -2.30. The van der Waals surface area contributed by atoms with E-state index in [1.54, 1.807) is 6.92 Å². The first-order chi connectivity index (χ1) is 16.7. The van der Waals surface area contributed by atoms with Crippen molar-refractivity contribution in [1.29, 1.82) is 0 Å². The Balaban J connectivity index is 0.00000205. The normalized spacial score (nSPS) is 12.1. The molecule has 2 aromatic rings. The molecule has 2 rings (SSSR count). The van der Waals surface area contributed by atoms with E-state index >= 15 is 0 Å². The van der Waals surface area contributed by atoms with Gasteiger partial charge in [-0.3, -0.25) is 14.7 Å². The van der Waals surface area contributed by atoms with Crippen molar-refractivity contribution in [3.63, 3.8) is 0 Å². The fourth-order valence-corrected chi connectivity index (χ4v) is 2.65. The van der Waals surface area contributed by atoms with E-state index in [0.717, 1.165) is 48.6 Å². The molecular weight excluding hydrogens is 501 g/mol. The highest BCUT2D eigenvalue weighted by Gasteiger charge is 2.41. The van der Waals surface area contributed by atoms with Crippen molar-refractivity contribution >= 4 is 30.0 Å². The lowest BCUT2D eigenvalue weighted by atomic mass is 9.98. The number of carbonyl (C=O) groups excluding carboxylic acids is 2. The van der Waals surface area contributed by atoms with Gasteiger partial charge in [0.2, 0.25) is 6.41 Å². The number of ether oxygens (including phenoxy) is 1. The van der Waals surface area contributed by atoms with Crippen LogP contribution in [0, 0.1) is 5.82 Å². The maximum Gasteiger partial charge on any atom is 0.420 e. The molecule has 0 saturated carbocycles. The van der Waals surface area contributed by atoms with E-state index in [0.29, 0.717) is 6.07 Å². The van der Waals surface area contributed by atoms with E-state index in [2.05, 4.69) is 10.7 Å². The number of amides is 2. The number of aliphatic imine (C=N–C) groups is 1. The van der Waals surface area contributed by atoms with Gasteiger partial charge in [-0.05, 0) is 43.3 Å². The van der Waals surface area contributed by atoms with Gasteiger partial charge >= 0.3 is 18.4 Å². The molecule has 0 aliphatic heterocycles. The Bertz CT molecular complexity index is 1110. The molecule has 0 unspecified atom stereocenters. The quantitative estimate of drug-likeness (QED) is 0.327. The van der Waals surface area contributed by atoms with Crippen molar-refractivity contribution in [3.8, 4) is 5.75 Å². The minimum absolute atomic E-state index is 0.0607. The molecule has 0 spiro atoms. The first kappa shape index (κ1) is 29.9. The van der Waals surface area contributed by atoms with Gasteiger partial charge < -0.3 is 16.2 Å². The molecule has 0 radical (unpaired) electrons. The molecule has 0 aliphatic rings. The largest absolute Gasteiger partial charge is 0.420 e. The number of nitrogens with zero attached hydrogens (tertiary/aromatic N) is 2. The van der Waals surface area contributed by atoms with E-state index in [1.165, 1.54) is 0 Å². The van der Waals surface area contributed by atoms with Crippen LogP contribution in [0.25, 0.3) is 5.57 Å². The second-order valence-electron chi connectivity index (χ2n) is 6.69. The van der Waals surface area contributed by atoms with E-state index in [1.807, 2.05) is 0 Å². The number of rotatable bonds is 5. The molecule has 2 aromatic carbocycles. The van der Waals surface area contributed by atoms with Crippen LogP contribution in [0.5, 0.6) is 5.75 Å². The monoisotopic (exact) mass is 522 g/mol. The first-order valence-corrected chi connectivity index (χ1v) is 9.82. The van der Waals surface area contributed by atoms with Gasteiger partial charge in [0, 0.05) is 42.8 Å². The molecule has 0 heterocycles. The fourth-order valence-electron chi connectivity index (χ4n) is 2.65. The highest BCUT2D eigenvalue weighted by Crippen LogP contribution is 2.44. The Morgan fingerprint density at radius 1 is 1.06 bits per heavy atom. The molecule has 0 saturated heterocycles. The second kappa shape index (κ2) is 12.6. The molecule has 196 valence electrons. The average Bonchev–Trinajstić information content (AvgIpc) is 2.79. The number of halogens is 7. The smallest absolute Gasteiger partial charge is 0.409 e. The van der Waals surface area contributed by atoms with E-state index in [4.69, 9.17) is 15.3 Å². The van der Waals surface area contributed by atoms with Crippen LogP contribution in [-0.2, 0) is 17.1 Å². The summed E-state index contributed by atoms with van der Waals surface area (Å²) < 4.78 is 99.3. The van der Waals surface area contributed by atoms with Crippen molar-refractivity contribution < 1.29 is 45.1 Å². The summed E-state index contributed by atoms with van der Waals surface area (Å²) in [7, 11) is 1.13. The molecule has 7 nitrogen and oxygen atoms in total. The number of carbonyl (C=O) groups is 2. The van der Waals surface area contributed by atoms with Gasteiger partial charge in [0.05, 0.1) is 11.1 Å². The van der Waals surface area contributed by atoms with Gasteiger partial charge in [-0.2, -0.15) is 26.3 Å². The fraction of sp³-hybridized carbons (Fsp3) is 0.227. The van der Waals surface area contributed by atoms with Crippen LogP contribution in [0.15, 0.2) is 47.6 Å². The lowest BCUT2D eigenvalue weighted by molar-refractivity contribution is -0.143. The number of hydrogen-bond acceptors (Lipinski definition) is 5. The number of anilines is 1. The van der Waals surface area contributed by atoms with Crippen LogP contribution in [0.3, 0.4) is 0 Å². The van der Waals surface area contributed by atoms with Gasteiger partial charge in [-0.15, -0.1) is 0 Å². The third kappa shape index (κ3) is 7.99. The van der Waals surface area contributed by atoms with Crippen LogP contribution in [0.2, 0.25) is 0 Å². The minimum Gasteiger partial charge on any atom is -0.409 e. The Morgan fingerprint density at radius 3 is 2.06 bits per heavy atom. The molecular formula is C22H21F7N4O3. The summed E-state index contributed by atoms with van der Waals surface area (Å²) >= 11 is 0. The number of alkyl halides is 6. The zero-order valence-corrected chi connectivity index (χ0v) is 18.8. The maximum absolute atomic E-state index is 13.7. The van der Waals surface area contributed by atoms with Crippen LogP contribution < -0.4 is 21.1 Å². The predicted molar refractivity (Wildman–Crippen MR) is 119 cm³/mol. The van der Waals surface area contributed by atoms with E-state index < -0.39 is 46.7 Å². The van der Waals surface area contributed by atoms with E-state index in [-0.39, 0.29) is 30.3 Å². The molecule has 0 aliphatic carbocycles.